The van der Waals surface area contributed by atoms with Crippen LogP contribution >= 0.6 is 0 Å². The van der Waals surface area contributed by atoms with E-state index in [0.717, 1.165) is 30.4 Å². The van der Waals surface area contributed by atoms with Crippen LogP contribution in [0.3, 0.4) is 0 Å². The summed E-state index contributed by atoms with van der Waals surface area (Å²) in [6.07, 6.45) is 2.99. The fourth-order valence-corrected chi connectivity index (χ4v) is 3.93. The lowest BCUT2D eigenvalue weighted by Crippen LogP contribution is -2.48. The molecule has 9 nitrogen and oxygen atoms in total. The molecule has 0 saturated heterocycles. The largest absolute Gasteiger partial charge is 0.466 e. The van der Waals surface area contributed by atoms with Gasteiger partial charge >= 0.3 is 12.1 Å². The van der Waals surface area contributed by atoms with Crippen molar-refractivity contribution in [2.45, 2.75) is 92.2 Å². The number of nitrogens with one attached hydrogen (secondary N) is 2. The predicted octanol–water partition coefficient (Wildman–Crippen LogP) is 4.35. The Morgan fingerprint density at radius 1 is 0.946 bits per heavy atom. The van der Waals surface area contributed by atoms with Gasteiger partial charge in [-0.15, -0.1) is 0 Å². The topological polar surface area (TPSA) is 114 Å². The van der Waals surface area contributed by atoms with Gasteiger partial charge in [0.15, 0.2) is 0 Å². The summed E-state index contributed by atoms with van der Waals surface area (Å²) >= 11 is 0. The van der Waals surface area contributed by atoms with Crippen molar-refractivity contribution in [3.63, 3.8) is 0 Å². The Bertz CT molecular complexity index is 889. The Labute approximate surface area is 221 Å². The standard InChI is InChI=1S/C28H45N3O6/c1-8-10-11-12-15-31(23(32)19-30-27(35)37-28(5,6)7)25(22-17-20(3)16-21(4)18-22)26(34)29-14-13-24(33)36-9-2/h16-18,25H,8-15,19H2,1-7H3,(H,29,34)(H,30,35). The summed E-state index contributed by atoms with van der Waals surface area (Å²) in [4.78, 5) is 52.4. The zero-order valence-electron chi connectivity index (χ0n) is 23.6. The number of nitrogens with zero attached hydrogens (tertiary/aromatic N) is 1. The van der Waals surface area contributed by atoms with Gasteiger partial charge in [-0.05, 0) is 53.5 Å². The van der Waals surface area contributed by atoms with E-state index in [1.165, 1.54) is 4.90 Å². The van der Waals surface area contributed by atoms with E-state index in [1.807, 2.05) is 32.0 Å². The number of rotatable bonds is 14. The first-order chi connectivity index (χ1) is 17.4. The smallest absolute Gasteiger partial charge is 0.408 e. The number of carbonyl (C=O) groups excluding carboxylic acids is 4. The normalized spacial score (nSPS) is 11.9. The molecule has 0 aliphatic carbocycles. The van der Waals surface area contributed by atoms with E-state index in [9.17, 15) is 19.2 Å². The summed E-state index contributed by atoms with van der Waals surface area (Å²) in [6, 6.07) is 4.85. The van der Waals surface area contributed by atoms with Gasteiger partial charge in [0.2, 0.25) is 11.8 Å². The molecule has 9 heteroatoms. The van der Waals surface area contributed by atoms with Crippen molar-refractivity contribution in [3.8, 4) is 0 Å². The van der Waals surface area contributed by atoms with Crippen molar-refractivity contribution in [2.75, 3.05) is 26.2 Å². The van der Waals surface area contributed by atoms with E-state index in [2.05, 4.69) is 17.6 Å². The van der Waals surface area contributed by atoms with Crippen LogP contribution in [0, 0.1) is 13.8 Å². The second-order valence-electron chi connectivity index (χ2n) is 10.2. The fourth-order valence-electron chi connectivity index (χ4n) is 3.93. The molecule has 0 fully saturated rings. The first-order valence-electron chi connectivity index (χ1n) is 13.2. The Balaban J connectivity index is 3.22. The highest BCUT2D eigenvalue weighted by atomic mass is 16.6. The van der Waals surface area contributed by atoms with Gasteiger partial charge in [-0.1, -0.05) is 55.5 Å². The number of benzene rings is 1. The first kappa shape index (κ1) is 31.9. The molecule has 1 aromatic rings. The molecule has 0 bridgehead atoms. The Kier molecular flexibility index (Phi) is 13.7. The second-order valence-corrected chi connectivity index (χ2v) is 10.2. The third-order valence-electron chi connectivity index (χ3n) is 5.41. The van der Waals surface area contributed by atoms with Crippen molar-refractivity contribution in [2.24, 2.45) is 0 Å². The van der Waals surface area contributed by atoms with Crippen molar-refractivity contribution < 1.29 is 28.7 Å². The number of aryl methyl sites for hydroxylation is 2. The molecule has 1 aromatic carbocycles. The van der Waals surface area contributed by atoms with Gasteiger partial charge in [-0.3, -0.25) is 14.4 Å². The van der Waals surface area contributed by atoms with Crippen LogP contribution in [0.2, 0.25) is 0 Å². The molecule has 0 aromatic heterocycles. The third kappa shape index (κ3) is 12.6. The third-order valence-corrected chi connectivity index (χ3v) is 5.41. The predicted molar refractivity (Wildman–Crippen MR) is 143 cm³/mol. The van der Waals surface area contributed by atoms with E-state index in [0.29, 0.717) is 18.5 Å². The minimum Gasteiger partial charge on any atom is -0.466 e. The molecule has 37 heavy (non-hydrogen) atoms. The fraction of sp³-hybridized carbons (Fsp3) is 0.643. The molecule has 208 valence electrons. The van der Waals surface area contributed by atoms with E-state index >= 15 is 0 Å². The molecule has 1 unspecified atom stereocenters. The van der Waals surface area contributed by atoms with Crippen LogP contribution in [0.4, 0.5) is 4.79 Å². The molecule has 0 aliphatic rings. The average molecular weight is 520 g/mol. The number of amides is 3. The molecule has 0 aliphatic heterocycles. The van der Waals surface area contributed by atoms with Crippen molar-refractivity contribution >= 4 is 23.9 Å². The Morgan fingerprint density at radius 2 is 1.59 bits per heavy atom. The van der Waals surface area contributed by atoms with Gasteiger partial charge in [0, 0.05) is 13.1 Å². The highest BCUT2D eigenvalue weighted by Gasteiger charge is 2.32. The number of hydrogen-bond acceptors (Lipinski definition) is 6. The lowest BCUT2D eigenvalue weighted by molar-refractivity contribution is -0.143. The maximum Gasteiger partial charge on any atom is 0.408 e. The number of unbranched alkanes of at least 4 members (excludes halogenated alkanes) is 3. The van der Waals surface area contributed by atoms with E-state index in [-0.39, 0.29) is 26.1 Å². The number of carbonyl (C=O) groups is 4. The monoisotopic (exact) mass is 519 g/mol. The van der Waals surface area contributed by atoms with Gasteiger partial charge in [0.1, 0.15) is 18.2 Å². The summed E-state index contributed by atoms with van der Waals surface area (Å²) < 4.78 is 10.2. The van der Waals surface area contributed by atoms with Crippen LogP contribution in [0.1, 0.15) is 89.5 Å². The summed E-state index contributed by atoms with van der Waals surface area (Å²) in [5, 5.41) is 5.31. The lowest BCUT2D eigenvalue weighted by Gasteiger charge is -2.32. The molecule has 0 spiro atoms. The number of alkyl carbamates (subject to hydrolysis) is 1. The minimum absolute atomic E-state index is 0.0315. The number of esters is 1. The maximum atomic E-state index is 13.5. The van der Waals surface area contributed by atoms with Crippen molar-refractivity contribution in [1.29, 1.82) is 0 Å². The molecule has 1 rings (SSSR count). The molecule has 0 heterocycles. The Hall–Kier alpha value is -3.10. The first-order valence-corrected chi connectivity index (χ1v) is 13.2. The van der Waals surface area contributed by atoms with E-state index < -0.39 is 35.5 Å². The molecular weight excluding hydrogens is 474 g/mol. The molecule has 1 atom stereocenters. The lowest BCUT2D eigenvalue weighted by atomic mass is 9.98. The highest BCUT2D eigenvalue weighted by molar-refractivity contribution is 5.90. The summed E-state index contributed by atoms with van der Waals surface area (Å²) in [5.41, 5.74) is 1.90. The molecule has 0 saturated carbocycles. The van der Waals surface area contributed by atoms with E-state index in [4.69, 9.17) is 9.47 Å². The van der Waals surface area contributed by atoms with E-state index in [1.54, 1.807) is 27.7 Å². The SMILES string of the molecule is CCCCCCN(C(=O)CNC(=O)OC(C)(C)C)C(C(=O)NCCC(=O)OCC)c1cc(C)cc(C)c1. The van der Waals surface area contributed by atoms with Gasteiger partial charge in [-0.2, -0.15) is 0 Å². The van der Waals surface area contributed by atoms with Gasteiger partial charge in [0.05, 0.1) is 13.0 Å². The zero-order chi connectivity index (χ0) is 28.0. The summed E-state index contributed by atoms with van der Waals surface area (Å²) in [6.45, 7) is 13.3. The van der Waals surface area contributed by atoms with Crippen LogP contribution < -0.4 is 10.6 Å². The van der Waals surface area contributed by atoms with Crippen LogP contribution in [-0.4, -0.2) is 60.6 Å². The minimum atomic E-state index is -0.921. The summed E-state index contributed by atoms with van der Waals surface area (Å²) in [7, 11) is 0. The van der Waals surface area contributed by atoms with Crippen LogP contribution in [0.25, 0.3) is 0 Å². The highest BCUT2D eigenvalue weighted by Crippen LogP contribution is 2.25. The van der Waals surface area contributed by atoms with Gasteiger partial charge in [-0.25, -0.2) is 4.79 Å². The quantitative estimate of drug-likeness (QED) is 0.279. The van der Waals surface area contributed by atoms with Crippen LogP contribution in [0.15, 0.2) is 18.2 Å². The van der Waals surface area contributed by atoms with Gasteiger partial charge in [0.25, 0.3) is 0 Å². The van der Waals surface area contributed by atoms with Crippen LogP contribution in [-0.2, 0) is 23.9 Å². The number of hydrogen-bond donors (Lipinski definition) is 2. The second kappa shape index (κ2) is 15.9. The molecular formula is C28H45N3O6. The molecule has 2 N–H and O–H groups in total. The van der Waals surface area contributed by atoms with Gasteiger partial charge < -0.3 is 25.0 Å². The molecule has 3 amide bonds. The number of ether oxygens (including phenoxy) is 2. The molecule has 0 radical (unpaired) electrons. The van der Waals surface area contributed by atoms with Crippen LogP contribution in [0.5, 0.6) is 0 Å². The van der Waals surface area contributed by atoms with Crippen molar-refractivity contribution in [1.82, 2.24) is 15.5 Å². The Morgan fingerprint density at radius 3 is 2.16 bits per heavy atom. The average Bonchev–Trinajstić information content (AvgIpc) is 2.77. The maximum absolute atomic E-state index is 13.5. The zero-order valence-corrected chi connectivity index (χ0v) is 23.6. The summed E-state index contributed by atoms with van der Waals surface area (Å²) in [5.74, 6) is -1.19. The van der Waals surface area contributed by atoms with Crippen molar-refractivity contribution in [3.05, 3.63) is 34.9 Å².